The van der Waals surface area contributed by atoms with Gasteiger partial charge in [-0.15, -0.1) is 18.3 Å². The van der Waals surface area contributed by atoms with E-state index in [9.17, 15) is 13.2 Å². The van der Waals surface area contributed by atoms with Crippen LogP contribution in [0.5, 0.6) is 5.88 Å². The van der Waals surface area contributed by atoms with E-state index in [1.807, 2.05) is 18.2 Å². The lowest BCUT2D eigenvalue weighted by Crippen LogP contribution is -2.27. The van der Waals surface area contributed by atoms with Crippen LogP contribution >= 0.6 is 0 Å². The van der Waals surface area contributed by atoms with Crippen LogP contribution in [0.25, 0.3) is 5.52 Å². The second-order valence-corrected chi connectivity index (χ2v) is 6.24. The van der Waals surface area contributed by atoms with Crippen molar-refractivity contribution in [1.29, 1.82) is 0 Å². The van der Waals surface area contributed by atoms with E-state index in [0.29, 0.717) is 17.4 Å². The van der Waals surface area contributed by atoms with Crippen molar-refractivity contribution in [2.45, 2.75) is 32.2 Å². The van der Waals surface area contributed by atoms with Crippen molar-refractivity contribution in [3.8, 4) is 5.88 Å². The average Bonchev–Trinajstić information content (AvgIpc) is 3.21. The van der Waals surface area contributed by atoms with Gasteiger partial charge in [0.1, 0.15) is 5.76 Å². The number of rotatable bonds is 5. The molecule has 0 N–H and O–H groups in total. The van der Waals surface area contributed by atoms with Gasteiger partial charge in [-0.25, -0.2) is 4.52 Å². The number of oxime groups is 1. The Morgan fingerprint density at radius 2 is 2.14 bits per heavy atom. The van der Waals surface area contributed by atoms with Crippen LogP contribution in [-0.2, 0) is 9.57 Å². The van der Waals surface area contributed by atoms with E-state index in [1.54, 1.807) is 23.7 Å². The molecule has 0 unspecified atom stereocenters. The highest BCUT2D eigenvalue weighted by molar-refractivity contribution is 5.81. The van der Waals surface area contributed by atoms with Gasteiger partial charge in [0.15, 0.2) is 5.60 Å². The fraction of sp³-hybridized carbons (Fsp3) is 0.263. The molecule has 0 spiro atoms. The molecule has 0 saturated heterocycles. The van der Waals surface area contributed by atoms with Gasteiger partial charge in [-0.2, -0.15) is 0 Å². The Bertz CT molecular complexity index is 942. The summed E-state index contributed by atoms with van der Waals surface area (Å²) in [6.45, 7) is 7.01. The maximum absolute atomic E-state index is 12.3. The zero-order valence-corrected chi connectivity index (χ0v) is 15.2. The first-order chi connectivity index (χ1) is 13.2. The van der Waals surface area contributed by atoms with Crippen molar-refractivity contribution in [2.75, 3.05) is 0 Å². The van der Waals surface area contributed by atoms with Crippen LogP contribution in [0.2, 0.25) is 0 Å². The number of hydrogen-bond acceptors (Lipinski definition) is 5. The minimum Gasteiger partial charge on any atom is -0.420 e. The molecule has 1 aliphatic heterocycles. The highest BCUT2D eigenvalue weighted by Gasteiger charge is 2.38. The Labute approximate surface area is 159 Å². The number of fused-ring (bicyclic) bond motifs is 1. The molecular formula is C19H18F3N3O3. The molecular weight excluding hydrogens is 375 g/mol. The van der Waals surface area contributed by atoms with E-state index in [2.05, 4.69) is 21.6 Å². The normalized spacial score (nSPS) is 20.3. The molecule has 6 nitrogen and oxygen atoms in total. The van der Waals surface area contributed by atoms with Gasteiger partial charge < -0.3 is 14.3 Å². The Hall–Kier alpha value is -3.23. The van der Waals surface area contributed by atoms with Crippen molar-refractivity contribution in [3.63, 3.8) is 0 Å². The summed E-state index contributed by atoms with van der Waals surface area (Å²) in [6, 6.07) is 7.35. The van der Waals surface area contributed by atoms with E-state index >= 15 is 0 Å². The molecule has 0 radical (unpaired) electrons. The molecule has 0 fully saturated rings. The smallest absolute Gasteiger partial charge is 0.420 e. The molecule has 0 saturated carbocycles. The number of ether oxygens (including phenoxy) is 2. The van der Waals surface area contributed by atoms with Gasteiger partial charge in [0, 0.05) is 12.3 Å². The third-order valence-electron chi connectivity index (χ3n) is 4.05. The lowest BCUT2D eigenvalue weighted by Gasteiger charge is -2.21. The minimum atomic E-state index is -4.76. The van der Waals surface area contributed by atoms with Gasteiger partial charge in [0.25, 0.3) is 0 Å². The molecule has 0 aromatic carbocycles. The predicted octanol–water partition coefficient (Wildman–Crippen LogP) is 4.76. The summed E-state index contributed by atoms with van der Waals surface area (Å²) in [7, 11) is 0. The molecule has 0 aliphatic carbocycles. The zero-order chi connectivity index (χ0) is 20.4. The Kier molecular flexibility index (Phi) is 5.17. The summed E-state index contributed by atoms with van der Waals surface area (Å²) < 4.78 is 48.2. The fourth-order valence-electron chi connectivity index (χ4n) is 2.50. The number of allylic oxidation sites excluding steroid dienone is 2. The number of alkyl halides is 3. The first kappa shape index (κ1) is 19.5. The van der Waals surface area contributed by atoms with Gasteiger partial charge in [-0.1, -0.05) is 23.9 Å². The van der Waals surface area contributed by atoms with Gasteiger partial charge in [-0.05, 0) is 43.7 Å². The summed E-state index contributed by atoms with van der Waals surface area (Å²) in [4.78, 5) is 5.42. The SMILES string of the molecule is C=C(/C=C\C(=C/C)OC(F)(F)F)[C@]1(C)CC(Oc2cc3ccccn3n2)=NO1. The first-order valence-electron chi connectivity index (χ1n) is 8.35. The molecule has 148 valence electrons. The van der Waals surface area contributed by atoms with Crippen molar-refractivity contribution in [2.24, 2.45) is 5.16 Å². The van der Waals surface area contributed by atoms with E-state index in [1.165, 1.54) is 25.2 Å². The van der Waals surface area contributed by atoms with Crippen molar-refractivity contribution < 1.29 is 27.5 Å². The highest BCUT2D eigenvalue weighted by atomic mass is 19.4. The van der Waals surface area contributed by atoms with Crippen LogP contribution in [0, 0.1) is 0 Å². The second kappa shape index (κ2) is 7.41. The molecule has 3 rings (SSSR count). The fourth-order valence-corrected chi connectivity index (χ4v) is 2.50. The van der Waals surface area contributed by atoms with Crippen molar-refractivity contribution in [3.05, 3.63) is 66.6 Å². The third-order valence-corrected chi connectivity index (χ3v) is 4.05. The van der Waals surface area contributed by atoms with E-state index in [0.717, 1.165) is 5.52 Å². The van der Waals surface area contributed by atoms with Gasteiger partial charge in [0.05, 0.1) is 11.9 Å². The third kappa shape index (κ3) is 4.54. The molecule has 1 aliphatic rings. The van der Waals surface area contributed by atoms with E-state index in [-0.39, 0.29) is 12.2 Å². The summed E-state index contributed by atoms with van der Waals surface area (Å²) in [5.41, 5.74) is 0.313. The highest BCUT2D eigenvalue weighted by Crippen LogP contribution is 2.32. The number of hydrogen-bond donors (Lipinski definition) is 0. The lowest BCUT2D eigenvalue weighted by atomic mass is 9.93. The van der Waals surface area contributed by atoms with E-state index in [4.69, 9.17) is 9.57 Å². The quantitative estimate of drug-likeness (QED) is 0.543. The Balaban J connectivity index is 1.63. The lowest BCUT2D eigenvalue weighted by molar-refractivity contribution is -0.303. The Morgan fingerprint density at radius 3 is 2.82 bits per heavy atom. The van der Waals surface area contributed by atoms with E-state index < -0.39 is 12.0 Å². The molecule has 3 heterocycles. The average molecular weight is 393 g/mol. The number of halogens is 3. The summed E-state index contributed by atoms with van der Waals surface area (Å²) in [5, 5.41) is 8.17. The molecule has 2 aromatic rings. The van der Waals surface area contributed by atoms with Crippen molar-refractivity contribution >= 4 is 11.4 Å². The predicted molar refractivity (Wildman–Crippen MR) is 96.5 cm³/mol. The zero-order valence-electron chi connectivity index (χ0n) is 15.2. The minimum absolute atomic E-state index is 0.245. The monoisotopic (exact) mass is 393 g/mol. The molecule has 2 aromatic heterocycles. The maximum Gasteiger partial charge on any atom is 0.573 e. The largest absolute Gasteiger partial charge is 0.573 e. The summed E-state index contributed by atoms with van der Waals surface area (Å²) in [6.07, 6.45) is 1.03. The van der Waals surface area contributed by atoms with Crippen LogP contribution in [0.3, 0.4) is 0 Å². The first-order valence-corrected chi connectivity index (χ1v) is 8.35. The van der Waals surface area contributed by atoms with Gasteiger partial charge in [0.2, 0.25) is 11.8 Å². The Morgan fingerprint density at radius 1 is 1.36 bits per heavy atom. The van der Waals surface area contributed by atoms with Crippen LogP contribution in [0.15, 0.2) is 71.8 Å². The summed E-state index contributed by atoms with van der Waals surface area (Å²) >= 11 is 0. The second-order valence-electron chi connectivity index (χ2n) is 6.24. The standard InChI is InChI=1S/C19H18F3N3O3/c1-4-15(27-19(20,21)22)9-8-13(2)18(3)12-17(24-28-18)26-16-11-14-7-5-6-10-25(14)23-16/h4-11H,2,12H2,1,3H3/b9-8-,15-4+/t18-/m0/s1. The van der Waals surface area contributed by atoms with Crippen LogP contribution in [0.1, 0.15) is 20.3 Å². The van der Waals surface area contributed by atoms with Gasteiger partial charge in [-0.3, -0.25) is 0 Å². The molecule has 0 bridgehead atoms. The van der Waals surface area contributed by atoms with Crippen LogP contribution < -0.4 is 4.74 Å². The topological polar surface area (TPSA) is 57.4 Å². The molecule has 28 heavy (non-hydrogen) atoms. The van der Waals surface area contributed by atoms with Crippen molar-refractivity contribution in [1.82, 2.24) is 9.61 Å². The number of nitrogens with zero attached hydrogens (tertiary/aromatic N) is 3. The molecule has 1 atom stereocenters. The van der Waals surface area contributed by atoms with Crippen LogP contribution in [0.4, 0.5) is 13.2 Å². The van der Waals surface area contributed by atoms with Crippen LogP contribution in [-0.4, -0.2) is 27.5 Å². The van der Waals surface area contributed by atoms with Gasteiger partial charge >= 0.3 is 6.36 Å². The summed E-state index contributed by atoms with van der Waals surface area (Å²) in [5.74, 6) is 0.296. The molecule has 0 amide bonds. The number of pyridine rings is 1. The number of aromatic nitrogens is 2. The molecule has 9 heteroatoms. The maximum atomic E-state index is 12.3.